The van der Waals surface area contributed by atoms with Gasteiger partial charge in [-0.05, 0) is 48.9 Å². The molecule has 0 fully saturated rings. The predicted molar refractivity (Wildman–Crippen MR) is 88.7 cm³/mol. The third-order valence-corrected chi connectivity index (χ3v) is 3.74. The van der Waals surface area contributed by atoms with Crippen molar-refractivity contribution in [1.29, 1.82) is 0 Å². The average molecular weight is 327 g/mol. The van der Waals surface area contributed by atoms with Crippen LogP contribution in [0.25, 0.3) is 5.69 Å². The summed E-state index contributed by atoms with van der Waals surface area (Å²) in [5.41, 5.74) is 2.40. The van der Waals surface area contributed by atoms with Gasteiger partial charge in [0.1, 0.15) is 12.7 Å². The molecule has 0 radical (unpaired) electrons. The predicted octanol–water partition coefficient (Wildman–Crippen LogP) is 3.41. The normalized spacial score (nSPS) is 11.9. The zero-order chi connectivity index (χ0) is 16.2. The molecule has 6 heteroatoms. The van der Waals surface area contributed by atoms with E-state index >= 15 is 0 Å². The molecule has 116 valence electrons. The largest absolute Gasteiger partial charge is 0.346 e. The van der Waals surface area contributed by atoms with Gasteiger partial charge in [-0.25, -0.2) is 9.67 Å². The third kappa shape index (κ3) is 3.57. The van der Waals surface area contributed by atoms with Gasteiger partial charge in [0.15, 0.2) is 0 Å². The topological polar surface area (TPSA) is 59.8 Å². The van der Waals surface area contributed by atoms with Crippen molar-refractivity contribution in [2.24, 2.45) is 0 Å². The number of amides is 1. The van der Waals surface area contributed by atoms with Gasteiger partial charge in [0.2, 0.25) is 0 Å². The maximum atomic E-state index is 12.3. The molecule has 0 aliphatic carbocycles. The molecule has 0 bridgehead atoms. The van der Waals surface area contributed by atoms with Gasteiger partial charge in [-0.1, -0.05) is 23.7 Å². The van der Waals surface area contributed by atoms with Crippen molar-refractivity contribution in [1.82, 2.24) is 20.1 Å². The van der Waals surface area contributed by atoms with Gasteiger partial charge < -0.3 is 5.32 Å². The van der Waals surface area contributed by atoms with Crippen LogP contribution < -0.4 is 5.32 Å². The van der Waals surface area contributed by atoms with Crippen LogP contribution in [0.3, 0.4) is 0 Å². The van der Waals surface area contributed by atoms with E-state index < -0.39 is 0 Å². The highest BCUT2D eigenvalue weighted by atomic mass is 35.5. The highest BCUT2D eigenvalue weighted by Crippen LogP contribution is 2.18. The van der Waals surface area contributed by atoms with Crippen LogP contribution in [0.5, 0.6) is 0 Å². The molecular weight excluding hydrogens is 312 g/mol. The Labute approximate surface area is 138 Å². The summed E-state index contributed by atoms with van der Waals surface area (Å²) < 4.78 is 1.64. The SMILES string of the molecule is CC(NC(=O)c1ccc(-n2cncn2)cc1)c1cccc(Cl)c1. The molecule has 23 heavy (non-hydrogen) atoms. The third-order valence-electron chi connectivity index (χ3n) is 3.51. The maximum Gasteiger partial charge on any atom is 0.251 e. The molecule has 0 saturated heterocycles. The zero-order valence-electron chi connectivity index (χ0n) is 12.5. The lowest BCUT2D eigenvalue weighted by molar-refractivity contribution is 0.0940. The van der Waals surface area contributed by atoms with Crippen molar-refractivity contribution in [2.75, 3.05) is 0 Å². The van der Waals surface area contributed by atoms with Crippen LogP contribution in [0.4, 0.5) is 0 Å². The number of benzene rings is 2. The van der Waals surface area contributed by atoms with Gasteiger partial charge in [-0.15, -0.1) is 0 Å². The summed E-state index contributed by atoms with van der Waals surface area (Å²) in [4.78, 5) is 16.2. The van der Waals surface area contributed by atoms with Gasteiger partial charge in [0, 0.05) is 10.6 Å². The molecule has 3 rings (SSSR count). The Morgan fingerprint density at radius 2 is 2.00 bits per heavy atom. The molecule has 3 aromatic rings. The molecule has 1 amide bonds. The Morgan fingerprint density at radius 3 is 2.65 bits per heavy atom. The fourth-order valence-electron chi connectivity index (χ4n) is 2.25. The second-order valence-corrected chi connectivity index (χ2v) is 5.57. The number of hydrogen-bond donors (Lipinski definition) is 1. The quantitative estimate of drug-likeness (QED) is 0.799. The van der Waals surface area contributed by atoms with E-state index in [0.29, 0.717) is 10.6 Å². The van der Waals surface area contributed by atoms with E-state index in [2.05, 4.69) is 15.4 Å². The first-order chi connectivity index (χ1) is 11.1. The van der Waals surface area contributed by atoms with Crippen molar-refractivity contribution in [3.8, 4) is 5.69 Å². The Bertz CT molecular complexity index is 800. The van der Waals surface area contributed by atoms with Gasteiger partial charge in [-0.3, -0.25) is 4.79 Å². The number of nitrogens with zero attached hydrogens (tertiary/aromatic N) is 3. The summed E-state index contributed by atoms with van der Waals surface area (Å²) in [5, 5.41) is 7.66. The van der Waals surface area contributed by atoms with E-state index in [0.717, 1.165) is 11.3 Å². The first-order valence-corrected chi connectivity index (χ1v) is 7.52. The van der Waals surface area contributed by atoms with Gasteiger partial charge in [0.05, 0.1) is 11.7 Å². The molecule has 0 spiro atoms. The summed E-state index contributed by atoms with van der Waals surface area (Å²) in [5.74, 6) is -0.136. The van der Waals surface area contributed by atoms with Crippen molar-refractivity contribution in [2.45, 2.75) is 13.0 Å². The lowest BCUT2D eigenvalue weighted by Crippen LogP contribution is -2.26. The van der Waals surface area contributed by atoms with E-state index in [-0.39, 0.29) is 11.9 Å². The number of carbonyl (C=O) groups is 1. The number of halogens is 1. The fraction of sp³-hybridized carbons (Fsp3) is 0.118. The Morgan fingerprint density at radius 1 is 1.22 bits per heavy atom. The summed E-state index contributed by atoms with van der Waals surface area (Å²) in [6.07, 6.45) is 3.07. The average Bonchev–Trinajstić information content (AvgIpc) is 3.09. The van der Waals surface area contributed by atoms with Crippen LogP contribution in [0.15, 0.2) is 61.2 Å². The maximum absolute atomic E-state index is 12.3. The molecule has 1 heterocycles. The highest BCUT2D eigenvalue weighted by Gasteiger charge is 2.12. The van der Waals surface area contributed by atoms with Crippen LogP contribution in [-0.2, 0) is 0 Å². The van der Waals surface area contributed by atoms with E-state index in [1.165, 1.54) is 6.33 Å². The number of aromatic nitrogens is 3. The molecule has 0 aliphatic heterocycles. The zero-order valence-corrected chi connectivity index (χ0v) is 13.2. The highest BCUT2D eigenvalue weighted by molar-refractivity contribution is 6.30. The minimum atomic E-state index is -0.136. The Hall–Kier alpha value is -2.66. The van der Waals surface area contributed by atoms with Crippen LogP contribution in [0.1, 0.15) is 28.9 Å². The molecule has 5 nitrogen and oxygen atoms in total. The minimum absolute atomic E-state index is 0.129. The first-order valence-electron chi connectivity index (χ1n) is 7.15. The number of carbonyl (C=O) groups excluding carboxylic acids is 1. The second kappa shape index (κ2) is 6.62. The van der Waals surface area contributed by atoms with Crippen LogP contribution >= 0.6 is 11.6 Å². The Kier molecular flexibility index (Phi) is 4.39. The van der Waals surface area contributed by atoms with Crippen molar-refractivity contribution < 1.29 is 4.79 Å². The van der Waals surface area contributed by atoms with Crippen LogP contribution in [0, 0.1) is 0 Å². The summed E-state index contributed by atoms with van der Waals surface area (Å²) in [7, 11) is 0. The summed E-state index contributed by atoms with van der Waals surface area (Å²) in [6.45, 7) is 1.92. The lowest BCUT2D eigenvalue weighted by atomic mass is 10.1. The van der Waals surface area contributed by atoms with E-state index in [4.69, 9.17) is 11.6 Å². The van der Waals surface area contributed by atoms with Crippen LogP contribution in [-0.4, -0.2) is 20.7 Å². The molecule has 0 aliphatic rings. The standard InChI is InChI=1S/C17H15ClN4O/c1-12(14-3-2-4-15(18)9-14)21-17(23)13-5-7-16(8-6-13)22-11-19-10-20-22/h2-12H,1H3,(H,21,23). The molecule has 1 unspecified atom stereocenters. The van der Waals surface area contributed by atoms with Crippen LogP contribution in [0.2, 0.25) is 5.02 Å². The smallest absolute Gasteiger partial charge is 0.251 e. The fourth-order valence-corrected chi connectivity index (χ4v) is 2.45. The molecule has 2 aromatic carbocycles. The Balaban J connectivity index is 1.71. The monoisotopic (exact) mass is 326 g/mol. The van der Waals surface area contributed by atoms with Gasteiger partial charge in [-0.2, -0.15) is 5.10 Å². The van der Waals surface area contributed by atoms with E-state index in [9.17, 15) is 4.79 Å². The van der Waals surface area contributed by atoms with E-state index in [1.807, 2.05) is 43.3 Å². The second-order valence-electron chi connectivity index (χ2n) is 5.14. The number of rotatable bonds is 4. The number of hydrogen-bond acceptors (Lipinski definition) is 3. The van der Waals surface area contributed by atoms with Crippen molar-refractivity contribution in [3.05, 3.63) is 77.3 Å². The molecule has 0 saturated carbocycles. The molecule has 1 aromatic heterocycles. The number of nitrogens with one attached hydrogen (secondary N) is 1. The summed E-state index contributed by atoms with van der Waals surface area (Å²) >= 11 is 5.98. The van der Waals surface area contributed by atoms with Crippen molar-refractivity contribution in [3.63, 3.8) is 0 Å². The first kappa shape index (κ1) is 15.2. The molecule has 1 atom stereocenters. The minimum Gasteiger partial charge on any atom is -0.346 e. The summed E-state index contributed by atoms with van der Waals surface area (Å²) in [6, 6.07) is 14.5. The molecular formula is C17H15ClN4O. The van der Waals surface area contributed by atoms with Gasteiger partial charge in [0.25, 0.3) is 5.91 Å². The lowest BCUT2D eigenvalue weighted by Gasteiger charge is -2.15. The molecule has 1 N–H and O–H groups in total. The van der Waals surface area contributed by atoms with Crippen molar-refractivity contribution >= 4 is 17.5 Å². The van der Waals surface area contributed by atoms with Gasteiger partial charge >= 0.3 is 0 Å². The van der Waals surface area contributed by atoms with E-state index in [1.54, 1.807) is 23.1 Å².